The topological polar surface area (TPSA) is 20.3 Å². The van der Waals surface area contributed by atoms with E-state index in [4.69, 9.17) is 0 Å². The zero-order valence-corrected chi connectivity index (χ0v) is 3.42. The minimum absolute atomic E-state index is 0.837. The molecule has 1 fully saturated rings. The van der Waals surface area contributed by atoms with Gasteiger partial charge in [-0.3, -0.25) is 4.79 Å². The predicted octanol–water partition coefficient (Wildman–Crippen LogP) is 0.0103. The zero-order chi connectivity index (χ0) is 4.41. The Labute approximate surface area is 36.7 Å². The first-order chi connectivity index (χ1) is 2.93. The molecule has 0 spiro atoms. The third-order valence-corrected chi connectivity index (χ3v) is 0.886. The van der Waals surface area contributed by atoms with E-state index in [-0.39, 0.29) is 0 Å². The van der Waals surface area contributed by atoms with Crippen molar-refractivity contribution in [3.63, 3.8) is 0 Å². The van der Waals surface area contributed by atoms with Crippen LogP contribution in [0.15, 0.2) is 0 Å². The molecule has 0 aromatic heterocycles. The molecule has 2 heteroatoms. The molecule has 0 aliphatic carbocycles. The van der Waals surface area contributed by atoms with Gasteiger partial charge in [-0.15, -0.1) is 0 Å². The number of likely N-dealkylation sites (tertiary alicyclic amines) is 1. The van der Waals surface area contributed by atoms with Crippen molar-refractivity contribution in [1.29, 1.82) is 0 Å². The maximum atomic E-state index is 9.68. The highest BCUT2D eigenvalue weighted by atomic mass is 16.1. The van der Waals surface area contributed by atoms with Crippen molar-refractivity contribution in [2.24, 2.45) is 0 Å². The van der Waals surface area contributed by atoms with E-state index in [0.29, 0.717) is 0 Å². The average Bonchev–Trinajstić information content (AvgIpc) is 1.31. The lowest BCUT2D eigenvalue weighted by Crippen LogP contribution is -2.30. The lowest BCUT2D eigenvalue weighted by molar-refractivity contribution is -0.118. The number of nitrogens with zero attached hydrogens (tertiary/aromatic N) is 1. The third kappa shape index (κ3) is 0.379. The van der Waals surface area contributed by atoms with E-state index in [1.54, 1.807) is 4.90 Å². The molecule has 0 aromatic carbocycles. The van der Waals surface area contributed by atoms with Crippen LogP contribution in [-0.2, 0) is 4.79 Å². The fourth-order valence-corrected chi connectivity index (χ4v) is 0.374. The largest absolute Gasteiger partial charge is 0.340 e. The third-order valence-electron chi connectivity index (χ3n) is 0.886. The smallest absolute Gasteiger partial charge is 0.210 e. The van der Waals surface area contributed by atoms with Gasteiger partial charge in [0.1, 0.15) is 0 Å². The van der Waals surface area contributed by atoms with E-state index in [1.807, 2.05) is 6.54 Å². The Hall–Kier alpha value is -0.530. The van der Waals surface area contributed by atoms with Crippen molar-refractivity contribution in [1.82, 2.24) is 4.90 Å². The van der Waals surface area contributed by atoms with Gasteiger partial charge >= 0.3 is 0 Å². The van der Waals surface area contributed by atoms with Crippen LogP contribution in [0.25, 0.3) is 0 Å². The van der Waals surface area contributed by atoms with E-state index >= 15 is 0 Å². The lowest BCUT2D eigenvalue weighted by Gasteiger charge is -2.24. The van der Waals surface area contributed by atoms with Crippen LogP contribution in [0.2, 0.25) is 0 Å². The van der Waals surface area contributed by atoms with E-state index in [1.165, 1.54) is 0 Å². The van der Waals surface area contributed by atoms with Crippen LogP contribution in [0.4, 0.5) is 0 Å². The van der Waals surface area contributed by atoms with Crippen LogP contribution in [0.1, 0.15) is 6.42 Å². The van der Waals surface area contributed by atoms with Gasteiger partial charge in [0, 0.05) is 6.54 Å². The molecule has 0 unspecified atom stereocenters. The Kier molecular flexibility index (Phi) is 0.783. The van der Waals surface area contributed by atoms with Gasteiger partial charge in [0.05, 0.1) is 6.54 Å². The number of amides is 1. The highest BCUT2D eigenvalue weighted by molar-refractivity contribution is 5.49. The minimum atomic E-state index is 0.837. The molecule has 1 saturated heterocycles. The Morgan fingerprint density at radius 2 is 2.50 bits per heavy atom. The van der Waals surface area contributed by atoms with Crippen molar-refractivity contribution >= 4 is 6.41 Å². The molecular formula is C4H6NO. The van der Waals surface area contributed by atoms with Crippen molar-refractivity contribution in [3.8, 4) is 0 Å². The fraction of sp³-hybridized carbons (Fsp3) is 0.500. The lowest BCUT2D eigenvalue weighted by atomic mass is 10.2. The summed E-state index contributed by atoms with van der Waals surface area (Å²) < 4.78 is 0. The van der Waals surface area contributed by atoms with Gasteiger partial charge in [-0.05, 0) is 6.42 Å². The predicted molar refractivity (Wildman–Crippen MR) is 21.7 cm³/mol. The highest BCUT2D eigenvalue weighted by Gasteiger charge is 2.09. The standard InChI is InChI=1S/C4H6NO/c6-4-5-2-1-3-5/h2,4H,1,3H2. The van der Waals surface area contributed by atoms with Crippen molar-refractivity contribution in [2.75, 3.05) is 6.54 Å². The molecule has 33 valence electrons. The zero-order valence-electron chi connectivity index (χ0n) is 3.42. The Morgan fingerprint density at radius 1 is 1.83 bits per heavy atom. The Bertz CT molecular complexity index is 58.6. The molecule has 0 aromatic rings. The summed E-state index contributed by atoms with van der Waals surface area (Å²) in [6, 6.07) is 0. The summed E-state index contributed by atoms with van der Waals surface area (Å²) in [5, 5.41) is 0. The van der Waals surface area contributed by atoms with Crippen LogP contribution in [0, 0.1) is 6.54 Å². The molecular weight excluding hydrogens is 78.0 g/mol. The van der Waals surface area contributed by atoms with Gasteiger partial charge in [-0.25, -0.2) is 0 Å². The van der Waals surface area contributed by atoms with Crippen LogP contribution in [0.5, 0.6) is 0 Å². The fourth-order valence-electron chi connectivity index (χ4n) is 0.374. The van der Waals surface area contributed by atoms with Crippen LogP contribution >= 0.6 is 0 Å². The van der Waals surface area contributed by atoms with Crippen LogP contribution < -0.4 is 0 Å². The summed E-state index contributed by atoms with van der Waals surface area (Å²) >= 11 is 0. The Morgan fingerprint density at radius 3 is 2.50 bits per heavy atom. The second-order valence-corrected chi connectivity index (χ2v) is 1.31. The second kappa shape index (κ2) is 1.29. The summed E-state index contributed by atoms with van der Waals surface area (Å²) in [6.45, 7) is 2.79. The highest BCUT2D eigenvalue weighted by Crippen LogP contribution is 2.05. The molecule has 1 aliphatic heterocycles. The van der Waals surface area contributed by atoms with E-state index < -0.39 is 0 Å². The van der Waals surface area contributed by atoms with E-state index in [2.05, 4.69) is 0 Å². The molecule has 0 N–H and O–H groups in total. The maximum Gasteiger partial charge on any atom is 0.210 e. The normalized spacial score (nSPS) is 19.7. The molecule has 1 aliphatic rings. The van der Waals surface area contributed by atoms with Gasteiger partial charge in [-0.1, -0.05) is 0 Å². The van der Waals surface area contributed by atoms with Crippen molar-refractivity contribution in [3.05, 3.63) is 6.54 Å². The molecule has 1 heterocycles. The summed E-state index contributed by atoms with van der Waals surface area (Å²) in [6.07, 6.45) is 1.90. The summed E-state index contributed by atoms with van der Waals surface area (Å²) in [4.78, 5) is 11.3. The van der Waals surface area contributed by atoms with Gasteiger partial charge in [0.15, 0.2) is 0 Å². The first-order valence-corrected chi connectivity index (χ1v) is 1.98. The molecule has 1 radical (unpaired) electrons. The van der Waals surface area contributed by atoms with Crippen LogP contribution in [-0.4, -0.2) is 17.9 Å². The van der Waals surface area contributed by atoms with Gasteiger partial charge in [0.2, 0.25) is 6.41 Å². The van der Waals surface area contributed by atoms with E-state index in [9.17, 15) is 4.79 Å². The van der Waals surface area contributed by atoms with E-state index in [0.717, 1.165) is 19.4 Å². The summed E-state index contributed by atoms with van der Waals surface area (Å²) in [7, 11) is 0. The molecule has 1 rings (SSSR count). The number of hydrogen-bond donors (Lipinski definition) is 0. The van der Waals surface area contributed by atoms with Crippen LogP contribution in [0.3, 0.4) is 0 Å². The molecule has 0 saturated carbocycles. The first-order valence-electron chi connectivity index (χ1n) is 1.98. The monoisotopic (exact) mass is 84.0 g/mol. The minimum Gasteiger partial charge on any atom is -0.340 e. The van der Waals surface area contributed by atoms with Gasteiger partial charge in [0.25, 0.3) is 0 Å². The molecule has 2 nitrogen and oxygen atoms in total. The van der Waals surface area contributed by atoms with Crippen molar-refractivity contribution in [2.45, 2.75) is 6.42 Å². The van der Waals surface area contributed by atoms with Gasteiger partial charge < -0.3 is 4.90 Å². The quantitative estimate of drug-likeness (QED) is 0.410. The summed E-state index contributed by atoms with van der Waals surface area (Å²) in [5.74, 6) is 0. The molecule has 1 amide bonds. The molecule has 6 heavy (non-hydrogen) atoms. The second-order valence-electron chi connectivity index (χ2n) is 1.31. The first kappa shape index (κ1) is 3.65. The van der Waals surface area contributed by atoms with Gasteiger partial charge in [-0.2, -0.15) is 0 Å². The number of rotatable bonds is 1. The summed E-state index contributed by atoms with van der Waals surface area (Å²) in [5.41, 5.74) is 0. The van der Waals surface area contributed by atoms with Crippen molar-refractivity contribution < 1.29 is 4.79 Å². The molecule has 0 atom stereocenters. The average molecular weight is 84.1 g/mol. The SMILES string of the molecule is O=CN1[CH]CC1. The number of carbonyl (C=O) groups is 1. The number of carbonyl (C=O) groups excluding carboxylic acids is 1. The Balaban J connectivity index is 2.16. The maximum absolute atomic E-state index is 9.68. The molecule has 0 bridgehead atoms. The number of hydrogen-bond acceptors (Lipinski definition) is 1.